The van der Waals surface area contributed by atoms with E-state index < -0.39 is 24.0 Å². The zero-order chi connectivity index (χ0) is 24.5. The number of carboxylic acid groups (broad SMARTS) is 1. The Hall–Kier alpha value is -3.65. The maximum absolute atomic E-state index is 13.0. The van der Waals surface area contributed by atoms with Crippen LogP contribution >= 0.6 is 15.9 Å². The summed E-state index contributed by atoms with van der Waals surface area (Å²) < 4.78 is 6.23. The Morgan fingerprint density at radius 2 is 1.60 bits per heavy atom. The van der Waals surface area contributed by atoms with Crippen LogP contribution in [0.25, 0.3) is 11.1 Å². The summed E-state index contributed by atoms with van der Waals surface area (Å²) in [4.78, 5) is 37.3. The summed E-state index contributed by atoms with van der Waals surface area (Å²) in [7, 11) is 0. The lowest BCUT2D eigenvalue weighted by molar-refractivity contribution is -0.118. The standard InChI is InChI=1S/C27H23BrN2O5/c28-16-11-12-21(26(32)33)23(13-16)29-25(31)24(15-9-10-15)30-27(34)35-14-22-19-7-3-1-5-17(19)18-6-2-4-8-20(18)22/h1-8,11-13,15,22,24H,9-10,14H2,(H,29,31)(H,30,34)(H,32,33). The van der Waals surface area contributed by atoms with Gasteiger partial charge in [-0.25, -0.2) is 9.59 Å². The molecule has 0 spiro atoms. The van der Waals surface area contributed by atoms with Crippen molar-refractivity contribution in [1.82, 2.24) is 5.32 Å². The number of carbonyl (C=O) groups is 3. The predicted molar refractivity (Wildman–Crippen MR) is 134 cm³/mol. The van der Waals surface area contributed by atoms with Gasteiger partial charge in [-0.15, -0.1) is 0 Å². The Morgan fingerprint density at radius 1 is 0.971 bits per heavy atom. The van der Waals surface area contributed by atoms with Crippen LogP contribution in [0.2, 0.25) is 0 Å². The van der Waals surface area contributed by atoms with Gasteiger partial charge in [-0.1, -0.05) is 64.5 Å². The Labute approximate surface area is 210 Å². The third-order valence-corrected chi connectivity index (χ3v) is 6.96. The molecule has 178 valence electrons. The number of halogens is 1. The molecule has 1 saturated carbocycles. The molecule has 2 amide bonds. The molecule has 3 N–H and O–H groups in total. The molecule has 3 aromatic carbocycles. The summed E-state index contributed by atoms with van der Waals surface area (Å²) in [5.41, 5.74) is 4.61. The van der Waals surface area contributed by atoms with E-state index in [1.54, 1.807) is 6.07 Å². The molecule has 5 rings (SSSR count). The summed E-state index contributed by atoms with van der Waals surface area (Å²) in [6.45, 7) is 0.146. The molecule has 0 bridgehead atoms. The number of fused-ring (bicyclic) bond motifs is 3. The molecule has 1 atom stereocenters. The van der Waals surface area contributed by atoms with Crippen LogP contribution < -0.4 is 10.6 Å². The number of aromatic carboxylic acids is 1. The first kappa shape index (κ1) is 23.1. The number of nitrogens with one attached hydrogen (secondary N) is 2. The molecule has 2 aliphatic rings. The molecule has 0 saturated heterocycles. The first-order chi connectivity index (χ1) is 16.9. The van der Waals surface area contributed by atoms with Crippen molar-refractivity contribution in [2.24, 2.45) is 5.92 Å². The van der Waals surface area contributed by atoms with Crippen LogP contribution in [0.4, 0.5) is 10.5 Å². The fourth-order valence-corrected chi connectivity index (χ4v) is 4.97. The van der Waals surface area contributed by atoms with Gasteiger partial charge in [-0.2, -0.15) is 0 Å². The Bertz CT molecular complexity index is 1270. The lowest BCUT2D eigenvalue weighted by Gasteiger charge is -2.20. The zero-order valence-electron chi connectivity index (χ0n) is 18.7. The van der Waals surface area contributed by atoms with Crippen molar-refractivity contribution in [3.8, 4) is 11.1 Å². The first-order valence-corrected chi connectivity index (χ1v) is 12.2. The third-order valence-electron chi connectivity index (χ3n) is 6.46. The second-order valence-corrected chi connectivity index (χ2v) is 9.68. The minimum absolute atomic E-state index is 0.0177. The van der Waals surface area contributed by atoms with Gasteiger partial charge < -0.3 is 20.5 Å². The molecule has 1 unspecified atom stereocenters. The molecular formula is C27H23BrN2O5. The Balaban J connectivity index is 1.27. The average Bonchev–Trinajstić information content (AvgIpc) is 3.63. The van der Waals surface area contributed by atoms with Gasteiger partial charge in [0.1, 0.15) is 12.6 Å². The minimum Gasteiger partial charge on any atom is -0.478 e. The van der Waals surface area contributed by atoms with E-state index in [-0.39, 0.29) is 29.7 Å². The molecule has 0 heterocycles. The van der Waals surface area contributed by atoms with Crippen LogP contribution in [0.1, 0.15) is 40.2 Å². The number of anilines is 1. The number of ether oxygens (including phenoxy) is 1. The first-order valence-electron chi connectivity index (χ1n) is 11.4. The van der Waals surface area contributed by atoms with Gasteiger partial charge in [0.2, 0.25) is 5.91 Å². The number of alkyl carbamates (subject to hydrolysis) is 1. The highest BCUT2D eigenvalue weighted by Crippen LogP contribution is 2.44. The molecule has 0 aliphatic heterocycles. The quantitative estimate of drug-likeness (QED) is 0.376. The molecule has 35 heavy (non-hydrogen) atoms. The van der Waals surface area contributed by atoms with Crippen molar-refractivity contribution in [2.45, 2.75) is 24.8 Å². The van der Waals surface area contributed by atoms with E-state index in [0.29, 0.717) is 4.47 Å². The van der Waals surface area contributed by atoms with Crippen molar-refractivity contribution in [2.75, 3.05) is 11.9 Å². The second-order valence-electron chi connectivity index (χ2n) is 8.77. The number of hydrogen-bond donors (Lipinski definition) is 3. The average molecular weight is 535 g/mol. The van der Waals surface area contributed by atoms with Crippen LogP contribution in [-0.2, 0) is 9.53 Å². The van der Waals surface area contributed by atoms with Crippen molar-refractivity contribution in [3.05, 3.63) is 87.9 Å². The number of amides is 2. The monoisotopic (exact) mass is 534 g/mol. The van der Waals surface area contributed by atoms with Gasteiger partial charge in [0.25, 0.3) is 0 Å². The SMILES string of the molecule is O=C(NC(C(=O)Nc1cc(Br)ccc1C(=O)O)C1CC1)OCC1c2ccccc2-c2ccccc21. The highest BCUT2D eigenvalue weighted by molar-refractivity contribution is 9.10. The van der Waals surface area contributed by atoms with Crippen molar-refractivity contribution in [3.63, 3.8) is 0 Å². The highest BCUT2D eigenvalue weighted by atomic mass is 79.9. The molecule has 0 aromatic heterocycles. The van der Waals surface area contributed by atoms with E-state index in [0.717, 1.165) is 35.1 Å². The third kappa shape index (κ3) is 4.79. The van der Waals surface area contributed by atoms with Crippen LogP contribution in [-0.4, -0.2) is 35.7 Å². The molecule has 0 radical (unpaired) electrons. The van der Waals surface area contributed by atoms with Crippen LogP contribution in [0, 0.1) is 5.92 Å². The van der Waals surface area contributed by atoms with Gasteiger partial charge in [-0.3, -0.25) is 4.79 Å². The van der Waals surface area contributed by atoms with Crippen molar-refractivity contribution in [1.29, 1.82) is 0 Å². The zero-order valence-corrected chi connectivity index (χ0v) is 20.2. The number of benzene rings is 3. The van der Waals surface area contributed by atoms with E-state index >= 15 is 0 Å². The number of carboxylic acids is 1. The summed E-state index contributed by atoms with van der Waals surface area (Å²) in [5.74, 6) is -1.72. The molecule has 8 heteroatoms. The van der Waals surface area contributed by atoms with E-state index in [9.17, 15) is 19.5 Å². The molecular weight excluding hydrogens is 512 g/mol. The molecule has 1 fully saturated rings. The predicted octanol–water partition coefficient (Wildman–Crippen LogP) is 5.40. The number of carbonyl (C=O) groups excluding carboxylic acids is 2. The minimum atomic E-state index is -1.15. The highest BCUT2D eigenvalue weighted by Gasteiger charge is 2.38. The fraction of sp³-hybridized carbons (Fsp3) is 0.222. The van der Waals surface area contributed by atoms with Crippen molar-refractivity contribution < 1.29 is 24.2 Å². The normalized spacial score (nSPS) is 15.0. The Kier molecular flexibility index (Phi) is 6.30. The van der Waals surface area contributed by atoms with Crippen molar-refractivity contribution >= 4 is 39.6 Å². The number of rotatable bonds is 7. The van der Waals surface area contributed by atoms with Gasteiger partial charge in [0.05, 0.1) is 11.3 Å². The lowest BCUT2D eigenvalue weighted by atomic mass is 9.98. The summed E-state index contributed by atoms with van der Waals surface area (Å²) >= 11 is 3.30. The van der Waals surface area contributed by atoms with E-state index in [1.807, 2.05) is 36.4 Å². The molecule has 2 aliphatic carbocycles. The van der Waals surface area contributed by atoms with E-state index in [2.05, 4.69) is 38.7 Å². The Morgan fingerprint density at radius 3 is 2.20 bits per heavy atom. The molecule has 3 aromatic rings. The summed E-state index contributed by atoms with van der Waals surface area (Å²) in [6.07, 6.45) is 0.921. The second kappa shape index (κ2) is 9.54. The fourth-order valence-electron chi connectivity index (χ4n) is 4.61. The lowest BCUT2D eigenvalue weighted by Crippen LogP contribution is -2.46. The maximum atomic E-state index is 13.0. The smallest absolute Gasteiger partial charge is 0.407 e. The van der Waals surface area contributed by atoms with Crippen LogP contribution in [0.5, 0.6) is 0 Å². The summed E-state index contributed by atoms with van der Waals surface area (Å²) in [6, 6.07) is 19.8. The largest absolute Gasteiger partial charge is 0.478 e. The van der Waals surface area contributed by atoms with E-state index in [4.69, 9.17) is 4.74 Å². The number of hydrogen-bond acceptors (Lipinski definition) is 4. The topological polar surface area (TPSA) is 105 Å². The molecule has 7 nitrogen and oxygen atoms in total. The summed E-state index contributed by atoms with van der Waals surface area (Å²) in [5, 5.41) is 14.8. The van der Waals surface area contributed by atoms with Crippen LogP contribution in [0.3, 0.4) is 0 Å². The van der Waals surface area contributed by atoms with Gasteiger partial charge in [-0.05, 0) is 59.2 Å². The van der Waals surface area contributed by atoms with Gasteiger partial charge in [0, 0.05) is 10.4 Å². The maximum Gasteiger partial charge on any atom is 0.407 e. The van der Waals surface area contributed by atoms with Crippen LogP contribution in [0.15, 0.2) is 71.2 Å². The van der Waals surface area contributed by atoms with E-state index in [1.165, 1.54) is 12.1 Å². The van der Waals surface area contributed by atoms with Gasteiger partial charge in [0.15, 0.2) is 0 Å². The van der Waals surface area contributed by atoms with Gasteiger partial charge >= 0.3 is 12.1 Å².